The minimum absolute atomic E-state index is 0.166. The van der Waals surface area contributed by atoms with Crippen LogP contribution in [0.5, 0.6) is 5.75 Å². The zero-order valence-corrected chi connectivity index (χ0v) is 13.7. The highest BCUT2D eigenvalue weighted by Gasteiger charge is 2.30. The van der Waals surface area contributed by atoms with Crippen LogP contribution >= 0.6 is 0 Å². The third-order valence-corrected chi connectivity index (χ3v) is 4.27. The number of aryl methyl sites for hydroxylation is 1. The minimum atomic E-state index is 0.166. The van der Waals surface area contributed by atoms with Crippen LogP contribution in [0.2, 0.25) is 0 Å². The van der Waals surface area contributed by atoms with Crippen molar-refractivity contribution in [1.29, 1.82) is 0 Å². The maximum absolute atomic E-state index is 12.7. The number of rotatable bonds is 5. The van der Waals surface area contributed by atoms with E-state index in [0.29, 0.717) is 13.0 Å². The molecule has 2 aromatic rings. The van der Waals surface area contributed by atoms with Gasteiger partial charge in [-0.25, -0.2) is 0 Å². The first kappa shape index (κ1) is 15.6. The summed E-state index contributed by atoms with van der Waals surface area (Å²) in [5.74, 6) is 1.03. The molecule has 5 nitrogen and oxygen atoms in total. The van der Waals surface area contributed by atoms with Crippen molar-refractivity contribution in [2.75, 3.05) is 13.2 Å². The van der Waals surface area contributed by atoms with Crippen LogP contribution in [-0.4, -0.2) is 33.7 Å². The fraction of sp³-hybridized carbons (Fsp3) is 0.444. The van der Waals surface area contributed by atoms with Crippen LogP contribution in [-0.2, 0) is 18.3 Å². The number of likely N-dealkylation sites (tertiary alicyclic amines) is 1. The lowest BCUT2D eigenvalue weighted by atomic mass is 10.1. The number of benzene rings is 1. The summed E-state index contributed by atoms with van der Waals surface area (Å²) >= 11 is 0. The standard InChI is InChI=1S/C18H23N3O2/c1-3-23-16-8-6-14(7-9-16)11-18(22)21-10-4-5-17(21)15-12-19-20(2)13-15/h6-9,12-13,17H,3-5,10-11H2,1-2H3/t17-/m1/s1. The van der Waals surface area contributed by atoms with Gasteiger partial charge in [-0.1, -0.05) is 12.1 Å². The Labute approximate surface area is 136 Å². The van der Waals surface area contributed by atoms with Crippen molar-refractivity contribution in [3.8, 4) is 5.75 Å². The van der Waals surface area contributed by atoms with Crippen LogP contribution in [0.15, 0.2) is 36.7 Å². The number of hydrogen-bond donors (Lipinski definition) is 0. The summed E-state index contributed by atoms with van der Waals surface area (Å²) in [6, 6.07) is 7.96. The summed E-state index contributed by atoms with van der Waals surface area (Å²) < 4.78 is 7.23. The highest BCUT2D eigenvalue weighted by Crippen LogP contribution is 2.32. The van der Waals surface area contributed by atoms with E-state index in [2.05, 4.69) is 5.10 Å². The maximum atomic E-state index is 12.7. The quantitative estimate of drug-likeness (QED) is 0.853. The van der Waals surface area contributed by atoms with E-state index in [1.54, 1.807) is 4.68 Å². The fourth-order valence-corrected chi connectivity index (χ4v) is 3.17. The van der Waals surface area contributed by atoms with E-state index in [9.17, 15) is 4.79 Å². The molecule has 3 rings (SSSR count). The second kappa shape index (κ2) is 6.86. The van der Waals surface area contributed by atoms with Crippen LogP contribution in [0.1, 0.15) is 36.9 Å². The van der Waals surface area contributed by atoms with Gasteiger partial charge in [-0.2, -0.15) is 5.10 Å². The Hall–Kier alpha value is -2.30. The van der Waals surface area contributed by atoms with Gasteiger partial charge < -0.3 is 9.64 Å². The van der Waals surface area contributed by atoms with Gasteiger partial charge in [0.05, 0.1) is 25.3 Å². The maximum Gasteiger partial charge on any atom is 0.227 e. The van der Waals surface area contributed by atoms with E-state index in [1.807, 2.05) is 55.5 Å². The van der Waals surface area contributed by atoms with Gasteiger partial charge in [-0.3, -0.25) is 9.48 Å². The van der Waals surface area contributed by atoms with E-state index in [1.165, 1.54) is 0 Å². The summed E-state index contributed by atoms with van der Waals surface area (Å²) in [5, 5.41) is 4.23. The average Bonchev–Trinajstić information content (AvgIpc) is 3.18. The van der Waals surface area contributed by atoms with Gasteiger partial charge in [0.2, 0.25) is 5.91 Å². The lowest BCUT2D eigenvalue weighted by Crippen LogP contribution is -2.31. The SMILES string of the molecule is CCOc1ccc(CC(=O)N2CCC[C@@H]2c2cnn(C)c2)cc1. The first-order valence-corrected chi connectivity index (χ1v) is 8.17. The molecule has 122 valence electrons. The normalized spacial score (nSPS) is 17.5. The first-order valence-electron chi connectivity index (χ1n) is 8.17. The summed E-state index contributed by atoms with van der Waals surface area (Å²) in [6.45, 7) is 3.44. The predicted octanol–water partition coefficient (Wildman–Crippen LogP) is 2.73. The van der Waals surface area contributed by atoms with Crippen molar-refractivity contribution in [3.05, 3.63) is 47.8 Å². The van der Waals surface area contributed by atoms with Crippen molar-refractivity contribution >= 4 is 5.91 Å². The van der Waals surface area contributed by atoms with E-state index >= 15 is 0 Å². The number of amides is 1. The Morgan fingerprint density at radius 2 is 2.13 bits per heavy atom. The van der Waals surface area contributed by atoms with Crippen LogP contribution in [0.4, 0.5) is 0 Å². The third kappa shape index (κ3) is 3.55. The number of carbonyl (C=O) groups is 1. The van der Waals surface area contributed by atoms with Crippen LogP contribution in [0.3, 0.4) is 0 Å². The van der Waals surface area contributed by atoms with Gasteiger partial charge in [0.1, 0.15) is 5.75 Å². The molecule has 1 atom stereocenters. The molecule has 1 fully saturated rings. The Kier molecular flexibility index (Phi) is 4.65. The number of ether oxygens (including phenoxy) is 1. The third-order valence-electron chi connectivity index (χ3n) is 4.27. The van der Waals surface area contributed by atoms with E-state index in [0.717, 1.165) is 36.3 Å². The molecule has 23 heavy (non-hydrogen) atoms. The Morgan fingerprint density at radius 1 is 1.35 bits per heavy atom. The van der Waals surface area contributed by atoms with Gasteiger partial charge in [0, 0.05) is 25.4 Å². The van der Waals surface area contributed by atoms with Gasteiger partial charge in [0.25, 0.3) is 0 Å². The Bertz CT molecular complexity index is 663. The minimum Gasteiger partial charge on any atom is -0.494 e. The molecule has 1 aliphatic heterocycles. The molecule has 0 saturated carbocycles. The first-order chi connectivity index (χ1) is 11.2. The zero-order valence-electron chi connectivity index (χ0n) is 13.7. The second-order valence-electron chi connectivity index (χ2n) is 5.95. The summed E-state index contributed by atoms with van der Waals surface area (Å²) in [7, 11) is 1.91. The van der Waals surface area contributed by atoms with Crippen molar-refractivity contribution in [1.82, 2.24) is 14.7 Å². The van der Waals surface area contributed by atoms with E-state index < -0.39 is 0 Å². The van der Waals surface area contributed by atoms with Gasteiger partial charge in [0.15, 0.2) is 0 Å². The summed E-state index contributed by atoms with van der Waals surface area (Å²) in [6.07, 6.45) is 6.37. The fourth-order valence-electron chi connectivity index (χ4n) is 3.17. The number of aromatic nitrogens is 2. The molecule has 1 aliphatic rings. The van der Waals surface area contributed by atoms with E-state index in [4.69, 9.17) is 4.74 Å². The molecule has 1 aromatic carbocycles. The van der Waals surface area contributed by atoms with Crippen LogP contribution in [0, 0.1) is 0 Å². The smallest absolute Gasteiger partial charge is 0.227 e. The topological polar surface area (TPSA) is 47.4 Å². The van der Waals surface area contributed by atoms with Crippen molar-refractivity contribution < 1.29 is 9.53 Å². The van der Waals surface area contributed by atoms with E-state index in [-0.39, 0.29) is 11.9 Å². The Balaban J connectivity index is 1.67. The predicted molar refractivity (Wildman–Crippen MR) is 88.2 cm³/mol. The van der Waals surface area contributed by atoms with Gasteiger partial charge >= 0.3 is 0 Å². The molecule has 0 aliphatic carbocycles. The van der Waals surface area contributed by atoms with Crippen molar-refractivity contribution in [2.24, 2.45) is 7.05 Å². The monoisotopic (exact) mass is 313 g/mol. The molecule has 0 unspecified atom stereocenters. The van der Waals surface area contributed by atoms with Crippen LogP contribution < -0.4 is 4.74 Å². The molecule has 2 heterocycles. The van der Waals surface area contributed by atoms with Crippen molar-refractivity contribution in [2.45, 2.75) is 32.2 Å². The molecule has 1 aromatic heterocycles. The molecule has 5 heteroatoms. The highest BCUT2D eigenvalue weighted by molar-refractivity contribution is 5.79. The summed E-state index contributed by atoms with van der Waals surface area (Å²) in [5.41, 5.74) is 2.15. The molecule has 1 saturated heterocycles. The molecular formula is C18H23N3O2. The molecule has 1 amide bonds. The molecule has 0 N–H and O–H groups in total. The zero-order chi connectivity index (χ0) is 16.2. The second-order valence-corrected chi connectivity index (χ2v) is 5.95. The lowest BCUT2D eigenvalue weighted by molar-refractivity contribution is -0.131. The molecule has 0 bridgehead atoms. The summed E-state index contributed by atoms with van der Waals surface area (Å²) in [4.78, 5) is 14.7. The molecule has 0 radical (unpaired) electrons. The van der Waals surface area contributed by atoms with Gasteiger partial charge in [-0.15, -0.1) is 0 Å². The average molecular weight is 313 g/mol. The largest absolute Gasteiger partial charge is 0.494 e. The lowest BCUT2D eigenvalue weighted by Gasteiger charge is -2.24. The van der Waals surface area contributed by atoms with Crippen molar-refractivity contribution in [3.63, 3.8) is 0 Å². The molecular weight excluding hydrogens is 290 g/mol. The number of carbonyl (C=O) groups excluding carboxylic acids is 1. The van der Waals surface area contributed by atoms with Gasteiger partial charge in [-0.05, 0) is 37.5 Å². The highest BCUT2D eigenvalue weighted by atomic mass is 16.5. The number of hydrogen-bond acceptors (Lipinski definition) is 3. The Morgan fingerprint density at radius 3 is 2.78 bits per heavy atom. The number of nitrogens with zero attached hydrogens (tertiary/aromatic N) is 3. The van der Waals surface area contributed by atoms with Crippen LogP contribution in [0.25, 0.3) is 0 Å². The molecule has 0 spiro atoms.